The standard InChI is InChI=1S/C24H27N5O2/c1-23(2,3)16-8-6-15(7-9-16)19(24(4)10-11-24)29-22(31)17-14-18(30)28-21(27-17)20-25-12-5-13-26-20/h5-9,12-14,19H,10-11H2,1-4H3,(H,29,31)(H,27,28,30). The molecule has 0 radical (unpaired) electrons. The highest BCUT2D eigenvalue weighted by Gasteiger charge is 2.46. The molecule has 1 aliphatic rings. The zero-order valence-electron chi connectivity index (χ0n) is 18.3. The predicted molar refractivity (Wildman–Crippen MR) is 119 cm³/mol. The summed E-state index contributed by atoms with van der Waals surface area (Å²) in [4.78, 5) is 40.4. The molecule has 0 bridgehead atoms. The summed E-state index contributed by atoms with van der Waals surface area (Å²) < 4.78 is 0. The van der Waals surface area contributed by atoms with Crippen molar-refractivity contribution in [2.45, 2.75) is 52.0 Å². The van der Waals surface area contributed by atoms with Gasteiger partial charge in [-0.2, -0.15) is 0 Å². The lowest BCUT2D eigenvalue weighted by atomic mass is 9.84. The Hall–Kier alpha value is -3.35. The van der Waals surface area contributed by atoms with E-state index in [1.165, 1.54) is 11.6 Å². The largest absolute Gasteiger partial charge is 0.343 e. The topological polar surface area (TPSA) is 101 Å². The van der Waals surface area contributed by atoms with E-state index >= 15 is 0 Å². The monoisotopic (exact) mass is 417 g/mol. The Kier molecular flexibility index (Phi) is 5.21. The van der Waals surface area contributed by atoms with E-state index in [9.17, 15) is 9.59 Å². The van der Waals surface area contributed by atoms with Gasteiger partial charge in [-0.25, -0.2) is 15.0 Å². The molecule has 1 aromatic carbocycles. The molecule has 0 saturated heterocycles. The number of aromatic amines is 1. The van der Waals surface area contributed by atoms with Gasteiger partial charge in [0.05, 0.1) is 6.04 Å². The smallest absolute Gasteiger partial charge is 0.270 e. The number of nitrogens with zero attached hydrogens (tertiary/aromatic N) is 3. The number of amides is 1. The predicted octanol–water partition coefficient (Wildman–Crippen LogP) is 3.80. The number of hydrogen-bond acceptors (Lipinski definition) is 5. The fraction of sp³-hybridized carbons (Fsp3) is 0.375. The second kappa shape index (κ2) is 7.72. The third-order valence-electron chi connectivity index (χ3n) is 5.87. The first kappa shape index (κ1) is 20.9. The molecule has 1 aliphatic carbocycles. The van der Waals surface area contributed by atoms with Crippen molar-refractivity contribution in [3.8, 4) is 11.6 Å². The third-order valence-corrected chi connectivity index (χ3v) is 5.87. The summed E-state index contributed by atoms with van der Waals surface area (Å²) in [6.07, 6.45) is 5.18. The first-order valence-corrected chi connectivity index (χ1v) is 10.5. The maximum atomic E-state index is 13.1. The maximum Gasteiger partial charge on any atom is 0.270 e. The van der Waals surface area contributed by atoms with E-state index in [-0.39, 0.29) is 40.1 Å². The second-order valence-electron chi connectivity index (χ2n) is 9.48. The summed E-state index contributed by atoms with van der Waals surface area (Å²) >= 11 is 0. The van der Waals surface area contributed by atoms with Crippen LogP contribution in [-0.2, 0) is 5.41 Å². The molecule has 1 fully saturated rings. The van der Waals surface area contributed by atoms with Gasteiger partial charge < -0.3 is 10.3 Å². The quantitative estimate of drug-likeness (QED) is 0.658. The summed E-state index contributed by atoms with van der Waals surface area (Å²) in [5, 5.41) is 3.12. The fourth-order valence-electron chi connectivity index (χ4n) is 3.63. The van der Waals surface area contributed by atoms with E-state index in [0.717, 1.165) is 18.4 Å². The van der Waals surface area contributed by atoms with Gasteiger partial charge in [-0.3, -0.25) is 9.59 Å². The zero-order valence-corrected chi connectivity index (χ0v) is 18.3. The second-order valence-corrected chi connectivity index (χ2v) is 9.48. The molecule has 2 N–H and O–H groups in total. The van der Waals surface area contributed by atoms with Crippen molar-refractivity contribution >= 4 is 5.91 Å². The van der Waals surface area contributed by atoms with E-state index in [4.69, 9.17) is 0 Å². The van der Waals surface area contributed by atoms with Crippen LogP contribution in [0.2, 0.25) is 0 Å². The Balaban J connectivity index is 1.62. The lowest BCUT2D eigenvalue weighted by Crippen LogP contribution is -2.34. The molecular weight excluding hydrogens is 390 g/mol. The van der Waals surface area contributed by atoms with Crippen molar-refractivity contribution in [1.29, 1.82) is 0 Å². The summed E-state index contributed by atoms with van der Waals surface area (Å²) in [5.41, 5.74) is 1.97. The SMILES string of the molecule is CC(C)(C)c1ccc(C(NC(=O)c2cc(=O)[nH]c(-c3ncccn3)n2)C2(C)CC2)cc1. The van der Waals surface area contributed by atoms with Crippen LogP contribution in [0.15, 0.2) is 53.6 Å². The van der Waals surface area contributed by atoms with Gasteiger partial charge in [0.15, 0.2) is 11.6 Å². The van der Waals surface area contributed by atoms with Crippen LogP contribution in [0.5, 0.6) is 0 Å². The van der Waals surface area contributed by atoms with Crippen molar-refractivity contribution < 1.29 is 4.79 Å². The molecule has 0 spiro atoms. The molecule has 1 atom stereocenters. The Labute approximate surface area is 181 Å². The lowest BCUT2D eigenvalue weighted by Gasteiger charge is -2.26. The van der Waals surface area contributed by atoms with E-state index in [1.807, 2.05) is 0 Å². The first-order valence-electron chi connectivity index (χ1n) is 10.5. The summed E-state index contributed by atoms with van der Waals surface area (Å²) in [6.45, 7) is 8.70. The van der Waals surface area contributed by atoms with Gasteiger partial charge in [0.1, 0.15) is 5.69 Å². The number of H-pyrrole nitrogens is 1. The maximum absolute atomic E-state index is 13.1. The minimum Gasteiger partial charge on any atom is -0.343 e. The van der Waals surface area contributed by atoms with Gasteiger partial charge in [-0.05, 0) is 40.9 Å². The minimum absolute atomic E-state index is 0.00845. The van der Waals surface area contributed by atoms with Crippen molar-refractivity contribution in [3.05, 3.63) is 76.0 Å². The molecule has 31 heavy (non-hydrogen) atoms. The van der Waals surface area contributed by atoms with E-state index in [0.29, 0.717) is 0 Å². The van der Waals surface area contributed by atoms with Gasteiger partial charge in [0.2, 0.25) is 0 Å². The van der Waals surface area contributed by atoms with Crippen molar-refractivity contribution in [2.75, 3.05) is 0 Å². The highest BCUT2D eigenvalue weighted by Crippen LogP contribution is 2.54. The molecule has 2 aromatic heterocycles. The number of rotatable bonds is 5. The van der Waals surface area contributed by atoms with Crippen LogP contribution in [0, 0.1) is 5.41 Å². The van der Waals surface area contributed by atoms with Crippen molar-refractivity contribution in [3.63, 3.8) is 0 Å². The van der Waals surface area contributed by atoms with Crippen LogP contribution in [0.25, 0.3) is 11.6 Å². The van der Waals surface area contributed by atoms with Crippen LogP contribution in [0.3, 0.4) is 0 Å². The zero-order chi connectivity index (χ0) is 22.2. The number of carbonyl (C=O) groups is 1. The molecule has 1 unspecified atom stereocenters. The van der Waals surface area contributed by atoms with Crippen LogP contribution < -0.4 is 10.9 Å². The highest BCUT2D eigenvalue weighted by molar-refractivity contribution is 5.92. The molecule has 0 aliphatic heterocycles. The number of aromatic nitrogens is 4. The third kappa shape index (κ3) is 4.55. The highest BCUT2D eigenvalue weighted by atomic mass is 16.2. The molecule has 1 saturated carbocycles. The molecule has 7 heteroatoms. The Morgan fingerprint density at radius 3 is 2.35 bits per heavy atom. The molecule has 3 aromatic rings. The van der Waals surface area contributed by atoms with E-state index in [1.54, 1.807) is 18.5 Å². The van der Waals surface area contributed by atoms with Crippen LogP contribution in [0.1, 0.15) is 68.2 Å². The average Bonchev–Trinajstić information content (AvgIpc) is 3.49. The molecule has 2 heterocycles. The van der Waals surface area contributed by atoms with Gasteiger partial charge in [-0.15, -0.1) is 0 Å². The fourth-order valence-corrected chi connectivity index (χ4v) is 3.63. The van der Waals surface area contributed by atoms with Crippen LogP contribution in [0.4, 0.5) is 0 Å². The summed E-state index contributed by atoms with van der Waals surface area (Å²) in [5.74, 6) is 0.0426. The van der Waals surface area contributed by atoms with Crippen LogP contribution in [-0.4, -0.2) is 25.8 Å². The number of nitrogens with one attached hydrogen (secondary N) is 2. The first-order chi connectivity index (χ1) is 14.7. The molecule has 1 amide bonds. The van der Waals surface area contributed by atoms with Gasteiger partial charge >= 0.3 is 0 Å². The van der Waals surface area contributed by atoms with Gasteiger partial charge in [-0.1, -0.05) is 52.0 Å². The Bertz CT molecular complexity index is 1140. The minimum atomic E-state index is -0.425. The number of carbonyl (C=O) groups excluding carboxylic acids is 1. The lowest BCUT2D eigenvalue weighted by molar-refractivity contribution is 0.0913. The molecule has 7 nitrogen and oxygen atoms in total. The summed E-state index contributed by atoms with van der Waals surface area (Å²) in [6, 6.07) is 11.1. The Morgan fingerprint density at radius 1 is 1.13 bits per heavy atom. The Morgan fingerprint density at radius 2 is 1.77 bits per heavy atom. The molecule has 160 valence electrons. The van der Waals surface area contributed by atoms with E-state index < -0.39 is 5.56 Å². The van der Waals surface area contributed by atoms with Gasteiger partial charge in [0, 0.05) is 18.5 Å². The van der Waals surface area contributed by atoms with Gasteiger partial charge in [0.25, 0.3) is 11.5 Å². The normalized spacial score (nSPS) is 15.9. The van der Waals surface area contributed by atoms with E-state index in [2.05, 4.69) is 77.2 Å². The average molecular weight is 418 g/mol. The van der Waals surface area contributed by atoms with Crippen LogP contribution >= 0.6 is 0 Å². The molecule has 4 rings (SSSR count). The van der Waals surface area contributed by atoms with Crippen molar-refractivity contribution in [2.24, 2.45) is 5.41 Å². The molecular formula is C24H27N5O2. The number of hydrogen-bond donors (Lipinski definition) is 2. The van der Waals surface area contributed by atoms with Crippen molar-refractivity contribution in [1.82, 2.24) is 25.3 Å². The summed E-state index contributed by atoms with van der Waals surface area (Å²) in [7, 11) is 0. The number of benzene rings is 1.